The molecule has 0 aliphatic heterocycles. The Bertz CT molecular complexity index is 75.5. The molecule has 0 heterocycles. The van der Waals surface area contributed by atoms with Crippen molar-refractivity contribution < 1.29 is 50.2 Å². The average Bonchev–Trinajstić information content (AvgIpc) is 2.01. The van der Waals surface area contributed by atoms with E-state index in [0.717, 1.165) is 0 Å². The van der Waals surface area contributed by atoms with Crippen molar-refractivity contribution in [2.75, 3.05) is 27.9 Å². The molecule has 10 heavy (non-hydrogen) atoms. The van der Waals surface area contributed by atoms with E-state index in [9.17, 15) is 0 Å². The van der Waals surface area contributed by atoms with Crippen LogP contribution in [0.5, 0.6) is 0 Å². The van der Waals surface area contributed by atoms with Crippen LogP contribution in [0.1, 0.15) is 0 Å². The van der Waals surface area contributed by atoms with Gasteiger partial charge >= 0.3 is 84.1 Å². The van der Waals surface area contributed by atoms with Gasteiger partial charge in [0.2, 0.25) is 0 Å². The van der Waals surface area contributed by atoms with Gasteiger partial charge in [-0.3, -0.25) is 0 Å². The predicted octanol–water partition coefficient (Wildman–Crippen LogP) is 0.0603. The van der Waals surface area contributed by atoms with E-state index < -0.39 is 5.97 Å². The van der Waals surface area contributed by atoms with Crippen molar-refractivity contribution in [3.05, 3.63) is 0 Å². The van der Waals surface area contributed by atoms with Crippen LogP contribution in [0.3, 0.4) is 0 Å². The van der Waals surface area contributed by atoms with E-state index in [4.69, 9.17) is 15.9 Å². The van der Waals surface area contributed by atoms with Crippen LogP contribution in [-0.4, -0.2) is 33.9 Å². The average molecular weight is 274 g/mol. The minimum absolute atomic E-state index is 0.288. The minimum atomic E-state index is -0.973. The van der Waals surface area contributed by atoms with Gasteiger partial charge in [0, 0.05) is 0 Å². The van der Waals surface area contributed by atoms with Crippen molar-refractivity contribution in [1.29, 1.82) is 0 Å². The van der Waals surface area contributed by atoms with Crippen LogP contribution in [-0.2, 0) is 15.9 Å². The maximum atomic E-state index is 5.07. The summed E-state index contributed by atoms with van der Waals surface area (Å²) in [6.45, 7) is 0.288. The quantitative estimate of drug-likeness (QED) is 0.664. The van der Waals surface area contributed by atoms with Crippen molar-refractivity contribution in [2.45, 2.75) is 5.97 Å². The fourth-order valence-corrected chi connectivity index (χ4v) is 1.33. The second-order valence-corrected chi connectivity index (χ2v) is 2.38. The fourth-order valence-electron chi connectivity index (χ4n) is 0.508. The first-order chi connectivity index (χ1) is 4.74. The predicted molar refractivity (Wildman–Crippen MR) is 29.7 cm³/mol. The second kappa shape index (κ2) is 5.66. The fraction of sp³-hybridized carbons (Fsp3) is 1.00. The summed E-state index contributed by atoms with van der Waals surface area (Å²) in [5.74, 6) is -0.973. The Morgan fingerprint density at radius 1 is 1.20 bits per heavy atom. The third kappa shape index (κ3) is 2.96. The Labute approximate surface area is 83.7 Å². The number of ether oxygens (including phenoxy) is 3. The standard InChI is InChI=1S/C5H11O4.La/c1-7-4-5(6,8-2)9-3;/h4H2,1-3H3;/q-1;+1. The maximum absolute atomic E-state index is 5.07. The van der Waals surface area contributed by atoms with Gasteiger partial charge in [-0.1, -0.05) is 0 Å². The van der Waals surface area contributed by atoms with E-state index in [1.807, 2.05) is 0 Å². The molecular formula is C5H11LaO4. The molecule has 0 amide bonds. The van der Waals surface area contributed by atoms with Crippen LogP contribution in [0.15, 0.2) is 0 Å². The molecule has 0 spiro atoms. The zero-order chi connectivity index (χ0) is 8.04. The van der Waals surface area contributed by atoms with Gasteiger partial charge in [0.1, 0.15) is 0 Å². The number of rotatable bonds is 5. The first-order valence-electron chi connectivity index (χ1n) is 2.72. The Morgan fingerprint density at radius 2 is 1.70 bits per heavy atom. The van der Waals surface area contributed by atoms with E-state index in [-0.39, 0.29) is 6.61 Å². The molecule has 0 bridgehead atoms. The number of hydrogen-bond donors (Lipinski definition) is 0. The van der Waals surface area contributed by atoms with Crippen molar-refractivity contribution in [3.8, 4) is 0 Å². The molecule has 58 valence electrons. The van der Waals surface area contributed by atoms with E-state index >= 15 is 0 Å². The van der Waals surface area contributed by atoms with Crippen molar-refractivity contribution >= 4 is 0 Å². The zero-order valence-corrected chi connectivity index (χ0v) is 10.0. The molecule has 4 nitrogen and oxygen atoms in total. The summed E-state index contributed by atoms with van der Waals surface area (Å²) in [6, 6.07) is 0. The Kier molecular flexibility index (Phi) is 6.24. The Balaban J connectivity index is 3.87. The molecule has 0 fully saturated rings. The molecule has 0 aliphatic carbocycles. The first kappa shape index (κ1) is 11.0. The van der Waals surface area contributed by atoms with Crippen molar-refractivity contribution in [3.63, 3.8) is 0 Å². The van der Waals surface area contributed by atoms with E-state index in [2.05, 4.69) is 0 Å². The summed E-state index contributed by atoms with van der Waals surface area (Å²) < 4.78 is 19.8. The number of hydrogen-bond acceptors (Lipinski definition) is 4. The SMILES string of the molecule is COCC(OC)(OC)[O][La]. The molecule has 0 aliphatic rings. The third-order valence-corrected chi connectivity index (χ3v) is 2.25. The van der Waals surface area contributed by atoms with Crippen LogP contribution in [0, 0.1) is 34.3 Å². The molecule has 0 atom stereocenters. The molecule has 0 saturated heterocycles. The van der Waals surface area contributed by atoms with Crippen LogP contribution < -0.4 is 0 Å². The summed E-state index contributed by atoms with van der Waals surface area (Å²) >= 11 is 0.361. The van der Waals surface area contributed by atoms with Gasteiger partial charge in [-0.2, -0.15) is 0 Å². The zero-order valence-electron chi connectivity index (χ0n) is 6.42. The van der Waals surface area contributed by atoms with E-state index in [1.54, 1.807) is 7.11 Å². The topological polar surface area (TPSA) is 36.9 Å². The van der Waals surface area contributed by atoms with Gasteiger partial charge in [-0.05, 0) is 0 Å². The van der Waals surface area contributed by atoms with Gasteiger partial charge in [-0.15, -0.1) is 0 Å². The summed E-state index contributed by atoms with van der Waals surface area (Å²) in [7, 11) is 4.60. The molecule has 0 aromatic rings. The normalized spacial score (nSPS) is 11.8. The number of methoxy groups -OCH3 is 3. The van der Waals surface area contributed by atoms with Crippen LogP contribution in [0.2, 0.25) is 0 Å². The summed E-state index contributed by atoms with van der Waals surface area (Å²) in [5, 5.41) is 0. The van der Waals surface area contributed by atoms with Crippen LogP contribution >= 0.6 is 0 Å². The third-order valence-electron chi connectivity index (χ3n) is 1.12. The van der Waals surface area contributed by atoms with Gasteiger partial charge < -0.3 is 0 Å². The molecule has 0 N–H and O–H groups in total. The van der Waals surface area contributed by atoms with Gasteiger partial charge in [-0.25, -0.2) is 0 Å². The second-order valence-electron chi connectivity index (χ2n) is 1.64. The first-order valence-corrected chi connectivity index (χ1v) is 4.20. The van der Waals surface area contributed by atoms with Gasteiger partial charge in [0.05, 0.1) is 0 Å². The molecule has 5 heteroatoms. The molecule has 0 aromatic heterocycles. The van der Waals surface area contributed by atoms with Gasteiger partial charge in [0.25, 0.3) is 0 Å². The molecule has 0 rings (SSSR count). The monoisotopic (exact) mass is 274 g/mol. The summed E-state index contributed by atoms with van der Waals surface area (Å²) in [6.07, 6.45) is 0. The Morgan fingerprint density at radius 3 is 1.80 bits per heavy atom. The molecule has 0 radical (unpaired) electrons. The van der Waals surface area contributed by atoms with Crippen LogP contribution in [0.4, 0.5) is 0 Å². The summed E-state index contributed by atoms with van der Waals surface area (Å²) in [5.41, 5.74) is 0. The molecule has 0 aromatic carbocycles. The van der Waals surface area contributed by atoms with E-state index in [0.29, 0.717) is 34.3 Å². The van der Waals surface area contributed by atoms with Gasteiger partial charge in [0.15, 0.2) is 0 Å². The molecule has 0 unspecified atom stereocenters. The van der Waals surface area contributed by atoms with Crippen LogP contribution in [0.25, 0.3) is 0 Å². The van der Waals surface area contributed by atoms with Crippen molar-refractivity contribution in [2.24, 2.45) is 0 Å². The van der Waals surface area contributed by atoms with E-state index in [1.165, 1.54) is 14.2 Å². The molecule has 0 saturated carbocycles. The Hall–Kier alpha value is 1.03. The molecular weight excluding hydrogens is 263 g/mol. The van der Waals surface area contributed by atoms with Crippen molar-refractivity contribution in [1.82, 2.24) is 0 Å². The summed E-state index contributed by atoms with van der Waals surface area (Å²) in [4.78, 5) is 0.